The summed E-state index contributed by atoms with van der Waals surface area (Å²) in [6, 6.07) is 4.05. The Hall–Kier alpha value is -0.360. The molecule has 0 saturated carbocycles. The van der Waals surface area contributed by atoms with E-state index in [4.69, 9.17) is 10.2 Å². The van der Waals surface area contributed by atoms with E-state index in [0.29, 0.717) is 11.7 Å². The van der Waals surface area contributed by atoms with Crippen LogP contribution in [0.25, 0.3) is 0 Å². The fourth-order valence-corrected chi connectivity index (χ4v) is 1.99. The molecule has 0 radical (unpaired) electrons. The van der Waals surface area contributed by atoms with Crippen molar-refractivity contribution in [2.75, 3.05) is 20.0 Å². The number of hydrogen-bond acceptors (Lipinski definition) is 4. The van der Waals surface area contributed by atoms with E-state index < -0.39 is 0 Å². The van der Waals surface area contributed by atoms with Crippen molar-refractivity contribution < 1.29 is 4.42 Å². The highest BCUT2D eigenvalue weighted by Crippen LogP contribution is 2.16. The van der Waals surface area contributed by atoms with Gasteiger partial charge in [-0.2, -0.15) is 0 Å². The van der Waals surface area contributed by atoms with Gasteiger partial charge in [0.15, 0.2) is 0 Å². The number of furan rings is 1. The first-order valence-corrected chi connectivity index (χ1v) is 6.86. The largest absolute Gasteiger partial charge is 0.464 e. The van der Waals surface area contributed by atoms with Gasteiger partial charge < -0.3 is 15.1 Å². The Labute approximate surface area is 132 Å². The first kappa shape index (κ1) is 20.9. The number of nitrogens with two attached hydrogens (primary N) is 1. The molecule has 0 aromatic carbocycles. The second-order valence-corrected chi connectivity index (χ2v) is 5.04. The van der Waals surface area contributed by atoms with Crippen molar-refractivity contribution in [3.8, 4) is 0 Å². The fourth-order valence-electron chi connectivity index (χ4n) is 1.28. The predicted molar refractivity (Wildman–Crippen MR) is 88.7 cm³/mol. The van der Waals surface area contributed by atoms with E-state index in [1.807, 2.05) is 33.2 Å². The lowest BCUT2D eigenvalue weighted by atomic mass is 10.4. The molecule has 0 aliphatic carbocycles. The first-order chi connectivity index (χ1) is 8.11. The Morgan fingerprint density at radius 3 is 2.53 bits per heavy atom. The van der Waals surface area contributed by atoms with Crippen LogP contribution in [0, 0.1) is 0 Å². The Balaban J connectivity index is 0. The zero-order chi connectivity index (χ0) is 12.7. The van der Waals surface area contributed by atoms with Crippen LogP contribution >= 0.6 is 36.6 Å². The highest BCUT2D eigenvalue weighted by atomic mass is 35.5. The summed E-state index contributed by atoms with van der Waals surface area (Å²) in [5.74, 6) is 4.25. The lowest BCUT2D eigenvalue weighted by Gasteiger charge is -2.05. The molecule has 0 bridgehead atoms. The minimum atomic E-state index is 0. The van der Waals surface area contributed by atoms with Crippen molar-refractivity contribution in [3.63, 3.8) is 0 Å². The zero-order valence-corrected chi connectivity index (χ0v) is 14.0. The summed E-state index contributed by atoms with van der Waals surface area (Å²) in [6.07, 6.45) is 0.814. The standard InChI is InChI=1S/C12H21N3OS.2ClH/c1-4-12(13)14-9-17-8-11-6-5-10(16-11)7-15(2)3;;/h5-6H,4,7-9H2,1-3H3,(H2,13,14);2*1H. The molecule has 1 rings (SSSR count). The summed E-state index contributed by atoms with van der Waals surface area (Å²) in [4.78, 5) is 6.31. The predicted octanol–water partition coefficient (Wildman–Crippen LogP) is 3.14. The van der Waals surface area contributed by atoms with Crippen molar-refractivity contribution >= 4 is 42.4 Å². The monoisotopic (exact) mass is 327 g/mol. The number of thioether (sulfide) groups is 1. The molecule has 7 heteroatoms. The van der Waals surface area contributed by atoms with E-state index in [1.165, 1.54) is 0 Å². The topological polar surface area (TPSA) is 54.8 Å². The zero-order valence-electron chi connectivity index (χ0n) is 11.6. The van der Waals surface area contributed by atoms with Gasteiger partial charge in [0, 0.05) is 6.42 Å². The molecule has 0 aliphatic rings. The molecule has 2 N–H and O–H groups in total. The highest BCUT2D eigenvalue weighted by molar-refractivity contribution is 7.98. The Kier molecular flexibility index (Phi) is 12.6. The number of hydrogen-bond donors (Lipinski definition) is 1. The van der Waals surface area contributed by atoms with Gasteiger partial charge >= 0.3 is 0 Å². The van der Waals surface area contributed by atoms with E-state index in [2.05, 4.69) is 9.89 Å². The van der Waals surface area contributed by atoms with Crippen LogP contribution in [-0.2, 0) is 12.3 Å². The minimum Gasteiger partial charge on any atom is -0.464 e. The molecule has 0 amide bonds. The van der Waals surface area contributed by atoms with E-state index >= 15 is 0 Å². The molecule has 1 aromatic rings. The molecule has 0 saturated heterocycles. The number of halogens is 2. The summed E-state index contributed by atoms with van der Waals surface area (Å²) in [7, 11) is 4.05. The Morgan fingerprint density at radius 2 is 1.95 bits per heavy atom. The number of nitrogens with zero attached hydrogens (tertiary/aromatic N) is 2. The molecule has 1 heterocycles. The van der Waals surface area contributed by atoms with Gasteiger partial charge in [-0.1, -0.05) is 6.92 Å². The van der Waals surface area contributed by atoms with Crippen molar-refractivity contribution in [1.82, 2.24) is 4.90 Å². The molecular formula is C12H23Cl2N3OS. The van der Waals surface area contributed by atoms with Gasteiger partial charge in [-0.15, -0.1) is 36.6 Å². The molecule has 4 nitrogen and oxygen atoms in total. The number of aliphatic imine (C=N–C) groups is 1. The fraction of sp³-hybridized carbons (Fsp3) is 0.583. The van der Waals surface area contributed by atoms with Crippen LogP contribution in [0.2, 0.25) is 0 Å². The van der Waals surface area contributed by atoms with E-state index in [9.17, 15) is 0 Å². The maximum Gasteiger partial charge on any atom is 0.118 e. The van der Waals surface area contributed by atoms with Crippen LogP contribution in [0.4, 0.5) is 0 Å². The van der Waals surface area contributed by atoms with Gasteiger partial charge in [-0.05, 0) is 26.2 Å². The maximum absolute atomic E-state index is 5.69. The minimum absolute atomic E-state index is 0. The molecule has 112 valence electrons. The summed E-state index contributed by atoms with van der Waals surface area (Å²) in [5.41, 5.74) is 5.62. The van der Waals surface area contributed by atoms with Gasteiger partial charge in [0.25, 0.3) is 0 Å². The molecule has 19 heavy (non-hydrogen) atoms. The third-order valence-corrected chi connectivity index (χ3v) is 2.96. The van der Waals surface area contributed by atoms with Gasteiger partial charge in [0.1, 0.15) is 11.5 Å². The lowest BCUT2D eigenvalue weighted by molar-refractivity contribution is 0.344. The molecule has 0 spiro atoms. The highest BCUT2D eigenvalue weighted by Gasteiger charge is 2.03. The van der Waals surface area contributed by atoms with E-state index in [-0.39, 0.29) is 24.8 Å². The quantitative estimate of drug-likeness (QED) is 0.475. The van der Waals surface area contributed by atoms with Crippen LogP contribution in [0.15, 0.2) is 21.5 Å². The van der Waals surface area contributed by atoms with Gasteiger partial charge in [-0.25, -0.2) is 0 Å². The third kappa shape index (κ3) is 9.21. The average molecular weight is 328 g/mol. The molecule has 0 aliphatic heterocycles. The average Bonchev–Trinajstić information content (AvgIpc) is 2.70. The normalized spacial score (nSPS) is 11.1. The molecule has 0 unspecified atom stereocenters. The van der Waals surface area contributed by atoms with Gasteiger partial charge in [0.05, 0.1) is 24.0 Å². The van der Waals surface area contributed by atoms with Crippen molar-refractivity contribution in [1.29, 1.82) is 0 Å². The van der Waals surface area contributed by atoms with Crippen LogP contribution in [-0.4, -0.2) is 30.7 Å². The summed E-state index contributed by atoms with van der Waals surface area (Å²) >= 11 is 1.71. The molecular weight excluding hydrogens is 305 g/mol. The van der Waals surface area contributed by atoms with Crippen LogP contribution < -0.4 is 5.73 Å². The molecule has 1 aromatic heterocycles. The van der Waals surface area contributed by atoms with E-state index in [1.54, 1.807) is 11.8 Å². The summed E-state index contributed by atoms with van der Waals surface area (Å²) in [5, 5.41) is 0. The van der Waals surface area contributed by atoms with Crippen molar-refractivity contribution in [2.45, 2.75) is 25.6 Å². The number of rotatable bonds is 7. The SMILES string of the molecule is CCC(N)=NCSCc1ccc(CN(C)C)o1.Cl.Cl. The summed E-state index contributed by atoms with van der Waals surface area (Å²) < 4.78 is 5.69. The Bertz CT molecular complexity index is 370. The molecule has 0 atom stereocenters. The molecule has 0 fully saturated rings. The third-order valence-electron chi connectivity index (χ3n) is 2.15. The van der Waals surface area contributed by atoms with Gasteiger partial charge in [-0.3, -0.25) is 4.99 Å². The van der Waals surface area contributed by atoms with Crippen LogP contribution in [0.1, 0.15) is 24.9 Å². The van der Waals surface area contributed by atoms with Crippen LogP contribution in [0.5, 0.6) is 0 Å². The maximum atomic E-state index is 5.69. The van der Waals surface area contributed by atoms with E-state index in [0.717, 1.165) is 30.2 Å². The smallest absolute Gasteiger partial charge is 0.118 e. The van der Waals surface area contributed by atoms with Crippen molar-refractivity contribution in [3.05, 3.63) is 23.7 Å². The van der Waals surface area contributed by atoms with Gasteiger partial charge in [0.2, 0.25) is 0 Å². The second-order valence-electron chi connectivity index (χ2n) is 4.09. The number of amidine groups is 1. The Morgan fingerprint density at radius 1 is 1.32 bits per heavy atom. The lowest BCUT2D eigenvalue weighted by Crippen LogP contribution is -2.09. The van der Waals surface area contributed by atoms with Crippen molar-refractivity contribution in [2.24, 2.45) is 10.7 Å². The first-order valence-electron chi connectivity index (χ1n) is 5.70. The second kappa shape index (κ2) is 11.5. The van der Waals surface area contributed by atoms with Crippen LogP contribution in [0.3, 0.4) is 0 Å². The summed E-state index contributed by atoms with van der Waals surface area (Å²) in [6.45, 7) is 2.84.